The summed E-state index contributed by atoms with van der Waals surface area (Å²) in [5.74, 6) is 0.853. The number of ether oxygens (including phenoxy) is 1. The van der Waals surface area contributed by atoms with Crippen molar-refractivity contribution in [3.8, 4) is 5.75 Å². The molecule has 0 aliphatic rings. The minimum absolute atomic E-state index is 0.585. The van der Waals surface area contributed by atoms with E-state index in [1.807, 2.05) is 43.3 Å². The van der Waals surface area contributed by atoms with E-state index in [2.05, 4.69) is 0 Å². The van der Waals surface area contributed by atoms with Gasteiger partial charge in [-0.25, -0.2) is 0 Å². The van der Waals surface area contributed by atoms with Crippen LogP contribution < -0.4 is 9.64 Å². The highest BCUT2D eigenvalue weighted by atomic mass is 16.5. The first-order valence-corrected chi connectivity index (χ1v) is 5.24. The molecule has 0 aliphatic carbocycles. The van der Waals surface area contributed by atoms with Gasteiger partial charge in [-0.1, -0.05) is 12.1 Å². The summed E-state index contributed by atoms with van der Waals surface area (Å²) in [5.41, 5.74) is 1.11. The zero-order chi connectivity index (χ0) is 11.8. The SMILES string of the molecule is CN(C)c1cccc(OCC/C=C/C=O)c1. The summed E-state index contributed by atoms with van der Waals surface area (Å²) in [7, 11) is 3.98. The van der Waals surface area contributed by atoms with Gasteiger partial charge in [0.2, 0.25) is 0 Å². The number of carbonyl (C=O) groups excluding carboxylic acids is 1. The molecule has 0 aliphatic heterocycles. The Morgan fingerprint density at radius 3 is 2.88 bits per heavy atom. The molecule has 0 unspecified atom stereocenters. The van der Waals surface area contributed by atoms with Crippen LogP contribution in [0, 0.1) is 0 Å². The molecule has 0 fully saturated rings. The van der Waals surface area contributed by atoms with E-state index in [0.29, 0.717) is 6.61 Å². The van der Waals surface area contributed by atoms with Crippen LogP contribution in [0.15, 0.2) is 36.4 Å². The van der Waals surface area contributed by atoms with Gasteiger partial charge in [0, 0.05) is 25.8 Å². The minimum Gasteiger partial charge on any atom is -0.493 e. The van der Waals surface area contributed by atoms with Gasteiger partial charge in [0.1, 0.15) is 12.0 Å². The van der Waals surface area contributed by atoms with Gasteiger partial charge in [-0.15, -0.1) is 0 Å². The number of rotatable bonds is 6. The van der Waals surface area contributed by atoms with E-state index in [4.69, 9.17) is 4.74 Å². The molecule has 16 heavy (non-hydrogen) atoms. The molecule has 0 atom stereocenters. The third-order valence-corrected chi connectivity index (χ3v) is 2.10. The number of carbonyl (C=O) groups is 1. The van der Waals surface area contributed by atoms with Gasteiger partial charge in [0.25, 0.3) is 0 Å². The quantitative estimate of drug-likeness (QED) is 0.417. The standard InChI is InChI=1S/C13H17NO2/c1-14(2)12-7-6-8-13(11-12)16-10-5-3-4-9-15/h3-4,6-9,11H,5,10H2,1-2H3/b4-3+. The molecule has 0 amide bonds. The number of allylic oxidation sites excluding steroid dienone is 1. The predicted molar refractivity (Wildman–Crippen MR) is 66.1 cm³/mol. The average molecular weight is 219 g/mol. The summed E-state index contributed by atoms with van der Waals surface area (Å²) in [6.07, 6.45) is 4.79. The summed E-state index contributed by atoms with van der Waals surface area (Å²) in [5, 5.41) is 0. The third kappa shape index (κ3) is 4.17. The molecule has 3 nitrogen and oxygen atoms in total. The van der Waals surface area contributed by atoms with Gasteiger partial charge in [-0.2, -0.15) is 0 Å². The van der Waals surface area contributed by atoms with Crippen LogP contribution in [-0.4, -0.2) is 27.0 Å². The molecule has 0 saturated heterocycles. The Kier molecular flexibility index (Phi) is 5.12. The number of hydrogen-bond acceptors (Lipinski definition) is 3. The first-order chi connectivity index (χ1) is 7.74. The maximum absolute atomic E-state index is 10.0. The van der Waals surface area contributed by atoms with Gasteiger partial charge in [0.05, 0.1) is 6.61 Å². The second-order valence-corrected chi connectivity index (χ2v) is 3.59. The Morgan fingerprint density at radius 2 is 2.19 bits per heavy atom. The molecule has 0 radical (unpaired) electrons. The number of hydrogen-bond donors (Lipinski definition) is 0. The lowest BCUT2D eigenvalue weighted by Gasteiger charge is -2.13. The molecule has 0 heterocycles. The summed E-state index contributed by atoms with van der Waals surface area (Å²) in [4.78, 5) is 12.1. The van der Waals surface area contributed by atoms with Crippen molar-refractivity contribution in [3.63, 3.8) is 0 Å². The molecule has 0 aromatic heterocycles. The fraction of sp³-hybridized carbons (Fsp3) is 0.308. The van der Waals surface area contributed by atoms with Crippen LogP contribution in [0.1, 0.15) is 6.42 Å². The zero-order valence-electron chi connectivity index (χ0n) is 9.72. The van der Waals surface area contributed by atoms with Crippen LogP contribution in [0.3, 0.4) is 0 Å². The molecular formula is C13H17NO2. The second-order valence-electron chi connectivity index (χ2n) is 3.59. The molecule has 0 saturated carbocycles. The average Bonchev–Trinajstić information content (AvgIpc) is 2.29. The fourth-order valence-corrected chi connectivity index (χ4v) is 1.25. The minimum atomic E-state index is 0.585. The van der Waals surface area contributed by atoms with Crippen molar-refractivity contribution >= 4 is 12.0 Å². The van der Waals surface area contributed by atoms with E-state index in [-0.39, 0.29) is 0 Å². The fourth-order valence-electron chi connectivity index (χ4n) is 1.25. The van der Waals surface area contributed by atoms with Crippen LogP contribution in [0.4, 0.5) is 5.69 Å². The maximum Gasteiger partial charge on any atom is 0.142 e. The summed E-state index contributed by atoms with van der Waals surface area (Å²) in [6.45, 7) is 0.585. The van der Waals surface area contributed by atoms with Gasteiger partial charge in [-0.3, -0.25) is 4.79 Å². The van der Waals surface area contributed by atoms with E-state index in [9.17, 15) is 4.79 Å². The van der Waals surface area contributed by atoms with Crippen LogP contribution >= 0.6 is 0 Å². The van der Waals surface area contributed by atoms with Crippen LogP contribution in [0.5, 0.6) is 5.75 Å². The highest BCUT2D eigenvalue weighted by Gasteiger charge is 1.97. The van der Waals surface area contributed by atoms with Crippen molar-refractivity contribution in [2.45, 2.75) is 6.42 Å². The Hall–Kier alpha value is -1.77. The Balaban J connectivity index is 2.44. The van der Waals surface area contributed by atoms with E-state index in [1.165, 1.54) is 6.08 Å². The third-order valence-electron chi connectivity index (χ3n) is 2.10. The van der Waals surface area contributed by atoms with E-state index in [1.54, 1.807) is 6.08 Å². The lowest BCUT2D eigenvalue weighted by atomic mass is 10.3. The largest absolute Gasteiger partial charge is 0.493 e. The van der Waals surface area contributed by atoms with E-state index in [0.717, 1.165) is 24.1 Å². The molecule has 0 spiro atoms. The van der Waals surface area contributed by atoms with Crippen molar-refractivity contribution in [2.75, 3.05) is 25.6 Å². The van der Waals surface area contributed by atoms with Gasteiger partial charge in [0.15, 0.2) is 0 Å². The van der Waals surface area contributed by atoms with Gasteiger partial charge >= 0.3 is 0 Å². The Morgan fingerprint density at radius 1 is 1.38 bits per heavy atom. The lowest BCUT2D eigenvalue weighted by molar-refractivity contribution is -0.104. The molecule has 1 aromatic carbocycles. The normalized spacial score (nSPS) is 10.4. The van der Waals surface area contributed by atoms with Crippen molar-refractivity contribution in [2.24, 2.45) is 0 Å². The first-order valence-electron chi connectivity index (χ1n) is 5.24. The topological polar surface area (TPSA) is 29.5 Å². The Labute approximate surface area is 96.3 Å². The number of nitrogens with zero attached hydrogens (tertiary/aromatic N) is 1. The highest BCUT2D eigenvalue weighted by Crippen LogP contribution is 2.19. The summed E-state index contributed by atoms with van der Waals surface area (Å²) in [6, 6.07) is 7.91. The molecule has 1 aromatic rings. The van der Waals surface area contributed by atoms with Crippen LogP contribution in [0.2, 0.25) is 0 Å². The molecule has 1 rings (SSSR count). The smallest absolute Gasteiger partial charge is 0.142 e. The van der Waals surface area contributed by atoms with E-state index >= 15 is 0 Å². The van der Waals surface area contributed by atoms with Crippen molar-refractivity contribution < 1.29 is 9.53 Å². The maximum atomic E-state index is 10.0. The number of aldehydes is 1. The number of anilines is 1. The first kappa shape index (κ1) is 12.3. The molecule has 0 N–H and O–H groups in total. The Bertz CT molecular complexity index is 359. The van der Waals surface area contributed by atoms with E-state index < -0.39 is 0 Å². The summed E-state index contributed by atoms with van der Waals surface area (Å²) >= 11 is 0. The highest BCUT2D eigenvalue weighted by molar-refractivity contribution is 5.64. The van der Waals surface area contributed by atoms with Gasteiger partial charge in [-0.05, 0) is 24.6 Å². The second kappa shape index (κ2) is 6.67. The van der Waals surface area contributed by atoms with Crippen LogP contribution in [0.25, 0.3) is 0 Å². The lowest BCUT2D eigenvalue weighted by Crippen LogP contribution is -2.08. The molecule has 3 heteroatoms. The molecular weight excluding hydrogens is 202 g/mol. The summed E-state index contributed by atoms with van der Waals surface area (Å²) < 4.78 is 5.55. The molecule has 0 bridgehead atoms. The van der Waals surface area contributed by atoms with Crippen molar-refractivity contribution in [3.05, 3.63) is 36.4 Å². The molecule has 86 valence electrons. The number of benzene rings is 1. The van der Waals surface area contributed by atoms with Crippen LogP contribution in [-0.2, 0) is 4.79 Å². The predicted octanol–water partition coefficient (Wildman–Crippen LogP) is 2.28. The van der Waals surface area contributed by atoms with Crippen molar-refractivity contribution in [1.29, 1.82) is 0 Å². The van der Waals surface area contributed by atoms with Gasteiger partial charge < -0.3 is 9.64 Å². The van der Waals surface area contributed by atoms with Crippen molar-refractivity contribution in [1.82, 2.24) is 0 Å². The monoisotopic (exact) mass is 219 g/mol. The zero-order valence-corrected chi connectivity index (χ0v) is 9.72.